The van der Waals surface area contributed by atoms with Gasteiger partial charge in [-0.2, -0.15) is 20.2 Å². The van der Waals surface area contributed by atoms with Crippen LogP contribution in [0.5, 0.6) is 0 Å². The van der Waals surface area contributed by atoms with E-state index in [1.54, 1.807) is 59.5 Å². The summed E-state index contributed by atoms with van der Waals surface area (Å²) in [4.78, 5) is 85.6. The summed E-state index contributed by atoms with van der Waals surface area (Å²) in [6.45, 7) is 33.1. The standard InChI is InChI=1S/C29H38ClN7O5S.C24H34BrN5O5.C22H28ClN7O2S.C5H5ClN2S.CH4.K/c1-7-40-26(38)18-14-19-24(33-16(2)25(37(19)35-18)43-20-8-11-32-23(31)21(20)30)36-12-9-29(10-13-36)15-41-17(3)22(29)34-27(39)42-28(4,5)6;1-7-33-21(31)16-12-17-20(26-14(2)19(25)30(17)28-16)29-10-8-24(9-11-29)13-34-15(3)18(24)27-22(32)35-23(4,5)6;1-12-21(33-16-3-6-26-19(25)17(16)23)30-15(9-14(10-31)28-30)20(27-12)29-7-4-22(5-8-29)11-32-13(2)18(22)24;6-4-3(9)1-2-8-5(4)7;;/h8,11,14,17,22H,7,9-10,12-13,15H2,1-6H3,(H2,31,32)(H,34,39);12,15,18H,7-11,13H2,1-6H3,(H,27,32);3,6,9,13,18,31H,4-5,7-8,10-11,24H2,1-2H3,(H2,25,26);1-2H,(H3,7,8,9);1H4;/q;;;;;+1/p-1/t17-,22+;15-,18+;13-,18+;;;/m000.../s1. The largest absolute Gasteiger partial charge is 1.00 e. The average molecular weight is 1890 g/mol. The molecule has 3 spiro atoms. The number of hydrogen-bond acceptors (Lipinski definition) is 31. The number of alkyl carbamates (subject to hydrolysis) is 2. The predicted molar refractivity (Wildman–Crippen MR) is 472 cm³/mol. The van der Waals surface area contributed by atoms with Crippen molar-refractivity contribution >= 4 is 162 Å². The normalized spacial score (nSPS) is 20.1. The number of aliphatic hydroxyl groups is 1. The number of nitrogens with zero attached hydrogens (tertiary/aromatic N) is 15. The molecule has 2 amide bonds. The number of nitrogens with one attached hydrogen (secondary N) is 2. The number of anilines is 6. The number of aromatic nitrogens is 12. The van der Waals surface area contributed by atoms with Crippen molar-refractivity contribution < 1.29 is 109 Å². The minimum Gasteiger partial charge on any atom is -0.778 e. The maximum absolute atomic E-state index is 12.7. The molecule has 33 nitrogen and oxygen atoms in total. The number of halogens is 4. The average Bonchev–Trinajstić information content (AvgIpc) is 1.59. The summed E-state index contributed by atoms with van der Waals surface area (Å²) in [5.41, 5.74) is 27.7. The molecule has 6 aliphatic rings. The van der Waals surface area contributed by atoms with E-state index in [1.165, 1.54) is 29.7 Å². The molecular formula is C81H108BrCl3KN21O12S3. The molecule has 0 saturated carbocycles. The molecule has 9 aromatic heterocycles. The van der Waals surface area contributed by atoms with Gasteiger partial charge in [0.15, 0.2) is 28.8 Å². The SMILES string of the molecule is C.CCOC(=O)c1cc2c(N3CCC4(CC3)CO[C@@H](C)[C@H]4NC(=O)OC(C)(C)C)nc(C)c(Br)n2n1.CCOC(=O)c1cc2c(N3CCC4(CC3)CO[C@@H](C)[C@H]4NC(=O)OC(C)(C)C)nc(C)c(Sc3ccnc(N)c3Cl)n2n1.Cc1nc(N2CCC3(CC2)CO[C@@H](C)[C@H]3N)c2cc(CO)nn2c1Sc1ccnc(N)c1Cl.Nc1nccc([S-])c1Cl.[K+]. The summed E-state index contributed by atoms with van der Waals surface area (Å²) < 4.78 is 45.3. The minimum atomic E-state index is -0.592. The first-order valence-electron chi connectivity index (χ1n) is 39.7. The molecule has 0 unspecified atom stereocenters. The summed E-state index contributed by atoms with van der Waals surface area (Å²) in [6.07, 6.45) is 8.83. The molecule has 0 radical (unpaired) electrons. The Labute approximate surface area is 790 Å². The Hall–Kier alpha value is -6.70. The Balaban J connectivity index is 0.000000182. The van der Waals surface area contributed by atoms with Crippen molar-refractivity contribution in [3.63, 3.8) is 0 Å². The Kier molecular flexibility index (Phi) is 32.4. The van der Waals surface area contributed by atoms with Crippen LogP contribution in [0.3, 0.4) is 0 Å². The first-order chi connectivity index (χ1) is 56.8. The van der Waals surface area contributed by atoms with Crippen molar-refractivity contribution in [3.05, 3.63) is 109 Å². The second-order valence-corrected chi connectivity index (χ2v) is 37.1. The molecule has 6 aliphatic heterocycles. The van der Waals surface area contributed by atoms with Gasteiger partial charge in [-0.3, -0.25) is 0 Å². The Morgan fingerprint density at radius 2 is 0.934 bits per heavy atom. The topological polar surface area (TPSA) is 420 Å². The number of aliphatic hydroxyl groups excluding tert-OH is 1. The fourth-order valence-electron chi connectivity index (χ4n) is 15.9. The summed E-state index contributed by atoms with van der Waals surface area (Å²) in [5, 5.41) is 32.3. The number of rotatable bonds is 14. The van der Waals surface area contributed by atoms with Crippen molar-refractivity contribution in [1.29, 1.82) is 0 Å². The van der Waals surface area contributed by atoms with E-state index >= 15 is 0 Å². The van der Waals surface area contributed by atoms with Gasteiger partial charge >= 0.3 is 75.5 Å². The van der Waals surface area contributed by atoms with Crippen LogP contribution in [0.15, 0.2) is 84.3 Å². The number of ether oxygens (including phenoxy) is 7. The van der Waals surface area contributed by atoms with Crippen molar-refractivity contribution in [3.8, 4) is 0 Å². The van der Waals surface area contributed by atoms with Crippen LogP contribution in [0.4, 0.5) is 44.5 Å². The first kappa shape index (κ1) is 97.5. The van der Waals surface area contributed by atoms with E-state index in [2.05, 4.69) is 78.4 Å². The van der Waals surface area contributed by atoms with E-state index < -0.39 is 35.3 Å². The fourth-order valence-corrected chi connectivity index (χ4v) is 18.9. The molecule has 0 bridgehead atoms. The maximum atomic E-state index is 12.7. The van der Waals surface area contributed by atoms with Gasteiger partial charge in [0.1, 0.15) is 59.9 Å². The quantitative estimate of drug-likeness (QED) is 0.0230. The molecule has 15 heterocycles. The van der Waals surface area contributed by atoms with Crippen LogP contribution >= 0.6 is 74.3 Å². The Bertz CT molecular complexity index is 5250. The van der Waals surface area contributed by atoms with Gasteiger partial charge in [0, 0.05) is 102 Å². The number of aryl methyl sites for hydroxylation is 3. The summed E-state index contributed by atoms with van der Waals surface area (Å²) in [6, 6.07) is 10.3. The van der Waals surface area contributed by atoms with Crippen molar-refractivity contribution in [1.82, 2.24) is 69.4 Å². The van der Waals surface area contributed by atoms with Crippen LogP contribution in [0.25, 0.3) is 16.6 Å². The number of fused-ring (bicyclic) bond motifs is 3. The zero-order chi connectivity index (χ0) is 86.8. The minimum absolute atomic E-state index is 0. The number of esters is 2. The van der Waals surface area contributed by atoms with Gasteiger partial charge in [0.05, 0.1) is 108 Å². The van der Waals surface area contributed by atoms with Crippen LogP contribution in [0, 0.1) is 37.0 Å². The third-order valence-corrected chi connectivity index (χ3v) is 27.5. The number of piperidine rings is 3. The molecule has 6 fully saturated rings. The monoisotopic (exact) mass is 1890 g/mol. The molecule has 11 N–H and O–H groups in total. The van der Waals surface area contributed by atoms with E-state index in [0.29, 0.717) is 89.3 Å². The molecule has 9 aromatic rings. The van der Waals surface area contributed by atoms with E-state index in [9.17, 15) is 24.3 Å². The van der Waals surface area contributed by atoms with E-state index in [1.807, 2.05) is 92.8 Å². The second kappa shape index (κ2) is 40.5. The van der Waals surface area contributed by atoms with Crippen molar-refractivity contribution in [2.24, 2.45) is 22.0 Å². The number of nitrogens with two attached hydrogens (primary N) is 4. The van der Waals surface area contributed by atoms with Crippen LogP contribution in [0.2, 0.25) is 15.1 Å². The summed E-state index contributed by atoms with van der Waals surface area (Å²) in [5.74, 6) is 2.17. The number of pyridine rings is 3. The Morgan fingerprint density at radius 1 is 0.574 bits per heavy atom. The number of carbonyl (C=O) groups excluding carboxylic acids is 4. The maximum Gasteiger partial charge on any atom is 1.00 e. The molecule has 6 saturated heterocycles. The van der Waals surface area contributed by atoms with Crippen molar-refractivity contribution in [2.75, 3.05) is 104 Å². The van der Waals surface area contributed by atoms with Gasteiger partial charge < -0.3 is 99.2 Å². The summed E-state index contributed by atoms with van der Waals surface area (Å²) >= 11 is 29.5. The molecule has 0 aromatic carbocycles. The van der Waals surface area contributed by atoms with Gasteiger partial charge in [-0.1, -0.05) is 71.8 Å². The van der Waals surface area contributed by atoms with Gasteiger partial charge in [-0.15, -0.1) is 0 Å². The zero-order valence-corrected chi connectivity index (χ0v) is 80.0. The molecule has 656 valence electrons. The van der Waals surface area contributed by atoms with E-state index in [-0.39, 0.29) is 154 Å². The third-order valence-electron chi connectivity index (χ3n) is 22.3. The van der Waals surface area contributed by atoms with E-state index in [4.69, 9.17) is 118 Å². The summed E-state index contributed by atoms with van der Waals surface area (Å²) in [7, 11) is 0. The van der Waals surface area contributed by atoms with Gasteiger partial charge in [0.2, 0.25) is 0 Å². The molecule has 15 rings (SSSR count). The Morgan fingerprint density at radius 3 is 1.32 bits per heavy atom. The predicted octanol–water partition coefficient (Wildman–Crippen LogP) is 10.3. The van der Waals surface area contributed by atoms with E-state index in [0.717, 1.165) is 115 Å². The second-order valence-electron chi connectivity index (χ2n) is 32.7. The van der Waals surface area contributed by atoms with Crippen LogP contribution in [0.1, 0.15) is 166 Å². The van der Waals surface area contributed by atoms with Crippen molar-refractivity contribution in [2.45, 2.75) is 222 Å². The number of carbonyl (C=O) groups is 4. The molecular weight excluding hydrogens is 1780 g/mol. The molecule has 0 aliphatic carbocycles. The third kappa shape index (κ3) is 21.6. The van der Waals surface area contributed by atoms with Crippen LogP contribution in [-0.2, 0) is 52.4 Å². The van der Waals surface area contributed by atoms with Gasteiger partial charge in [-0.05, 0) is 170 Å². The molecule has 6 atom stereocenters. The van der Waals surface area contributed by atoms with Gasteiger partial charge in [-0.25, -0.2) is 62.6 Å². The fraction of sp³-hybridized carbons (Fsp3) is 0.543. The van der Waals surface area contributed by atoms with Gasteiger partial charge in [0.25, 0.3) is 0 Å². The number of hydrogen-bond donors (Lipinski definition) is 7. The molecule has 41 heteroatoms. The van der Waals surface area contributed by atoms with Crippen LogP contribution < -0.4 is 99.7 Å². The number of amides is 2. The molecule has 122 heavy (non-hydrogen) atoms. The number of nitrogen functional groups attached to an aromatic ring is 3. The first-order valence-corrected chi connectivity index (χ1v) is 43.6. The van der Waals surface area contributed by atoms with Crippen LogP contribution in [-0.4, -0.2) is 208 Å². The zero-order valence-electron chi connectivity index (χ0n) is 70.6. The smallest absolute Gasteiger partial charge is 0.778 e.